The van der Waals surface area contributed by atoms with Crippen molar-refractivity contribution in [1.29, 1.82) is 0 Å². The van der Waals surface area contributed by atoms with Crippen molar-refractivity contribution in [3.8, 4) is 23.1 Å². The van der Waals surface area contributed by atoms with Crippen LogP contribution in [0.2, 0.25) is 5.02 Å². The van der Waals surface area contributed by atoms with Gasteiger partial charge in [0, 0.05) is 56.6 Å². The molecular formula is C28H32ClN7O. The molecular weight excluding hydrogens is 486 g/mol. The zero-order valence-electron chi connectivity index (χ0n) is 21.5. The lowest BCUT2D eigenvalue weighted by atomic mass is 10.0. The number of carbonyl (C=O) groups excluding carboxylic acids is 1. The van der Waals surface area contributed by atoms with Crippen molar-refractivity contribution >= 4 is 23.3 Å². The van der Waals surface area contributed by atoms with Gasteiger partial charge in [-0.2, -0.15) is 0 Å². The second-order valence-corrected chi connectivity index (χ2v) is 9.66. The fourth-order valence-electron chi connectivity index (χ4n) is 4.18. The summed E-state index contributed by atoms with van der Waals surface area (Å²) >= 11 is 6.66. The number of nitrogens with two attached hydrogens (primary N) is 1. The first-order valence-electron chi connectivity index (χ1n) is 12.4. The monoisotopic (exact) mass is 517 g/mol. The molecule has 0 unspecified atom stereocenters. The van der Waals surface area contributed by atoms with Crippen molar-refractivity contribution in [2.24, 2.45) is 0 Å². The zero-order valence-corrected chi connectivity index (χ0v) is 22.3. The molecule has 4 rings (SSSR count). The van der Waals surface area contributed by atoms with Gasteiger partial charge in [-0.25, -0.2) is 15.0 Å². The van der Waals surface area contributed by atoms with Crippen LogP contribution in [0, 0.1) is 11.8 Å². The number of rotatable bonds is 6. The maximum absolute atomic E-state index is 13.2. The number of hydrogen-bond acceptors (Lipinski definition) is 7. The lowest BCUT2D eigenvalue weighted by molar-refractivity contribution is 0.0630. The van der Waals surface area contributed by atoms with E-state index in [0.29, 0.717) is 41.6 Å². The van der Waals surface area contributed by atoms with Crippen LogP contribution in [-0.2, 0) is 6.42 Å². The molecule has 9 heteroatoms. The Balaban J connectivity index is 1.55. The van der Waals surface area contributed by atoms with Crippen molar-refractivity contribution in [2.75, 3.05) is 59.1 Å². The highest BCUT2D eigenvalue weighted by Crippen LogP contribution is 2.28. The minimum Gasteiger partial charge on any atom is -0.384 e. The summed E-state index contributed by atoms with van der Waals surface area (Å²) in [5.41, 5.74) is 9.95. The minimum absolute atomic E-state index is 0.0448. The molecule has 0 radical (unpaired) electrons. The molecule has 1 aromatic carbocycles. The van der Waals surface area contributed by atoms with E-state index in [-0.39, 0.29) is 5.91 Å². The van der Waals surface area contributed by atoms with Crippen LogP contribution in [-0.4, -0.2) is 88.9 Å². The molecule has 192 valence electrons. The maximum atomic E-state index is 13.2. The summed E-state index contributed by atoms with van der Waals surface area (Å²) in [5, 5.41) is 0.399. The van der Waals surface area contributed by atoms with Gasteiger partial charge in [0.2, 0.25) is 0 Å². The number of benzene rings is 1. The van der Waals surface area contributed by atoms with Crippen LogP contribution < -0.4 is 5.73 Å². The number of piperazine rings is 1. The van der Waals surface area contributed by atoms with E-state index in [9.17, 15) is 4.79 Å². The van der Waals surface area contributed by atoms with Crippen LogP contribution in [0.3, 0.4) is 0 Å². The van der Waals surface area contributed by atoms with Gasteiger partial charge in [0.1, 0.15) is 12.1 Å². The van der Waals surface area contributed by atoms with E-state index in [1.165, 1.54) is 6.33 Å². The highest BCUT2D eigenvalue weighted by Gasteiger charge is 2.24. The van der Waals surface area contributed by atoms with Crippen molar-refractivity contribution in [1.82, 2.24) is 29.7 Å². The molecule has 0 bridgehead atoms. The van der Waals surface area contributed by atoms with E-state index in [4.69, 9.17) is 17.3 Å². The molecule has 2 aromatic heterocycles. The fourth-order valence-corrected chi connectivity index (χ4v) is 4.44. The van der Waals surface area contributed by atoms with Gasteiger partial charge in [0.25, 0.3) is 5.91 Å². The third-order valence-corrected chi connectivity index (χ3v) is 6.69. The Morgan fingerprint density at radius 3 is 2.51 bits per heavy atom. The van der Waals surface area contributed by atoms with Gasteiger partial charge in [-0.1, -0.05) is 36.4 Å². The number of anilines is 1. The smallest absolute Gasteiger partial charge is 0.255 e. The highest BCUT2D eigenvalue weighted by molar-refractivity contribution is 6.34. The van der Waals surface area contributed by atoms with Gasteiger partial charge in [0.05, 0.1) is 27.5 Å². The zero-order chi connectivity index (χ0) is 26.4. The summed E-state index contributed by atoms with van der Waals surface area (Å²) in [6.07, 6.45) is 3.87. The summed E-state index contributed by atoms with van der Waals surface area (Å²) in [7, 11) is 4.14. The number of hydrogen-bond donors (Lipinski definition) is 1. The van der Waals surface area contributed by atoms with E-state index in [0.717, 1.165) is 48.6 Å². The van der Waals surface area contributed by atoms with Crippen LogP contribution >= 0.6 is 11.6 Å². The number of likely N-dealkylation sites (N-methyl/N-ethyl adjacent to an activating group) is 1. The lowest BCUT2D eigenvalue weighted by Gasteiger charge is -2.35. The molecule has 3 aromatic rings. The van der Waals surface area contributed by atoms with Gasteiger partial charge in [-0.3, -0.25) is 9.69 Å². The van der Waals surface area contributed by atoms with Crippen molar-refractivity contribution < 1.29 is 4.79 Å². The Labute approximate surface area is 223 Å². The number of halogens is 1. The Kier molecular flexibility index (Phi) is 8.72. The van der Waals surface area contributed by atoms with E-state index in [1.807, 2.05) is 24.0 Å². The number of nitrogens with zero attached hydrogens (tertiary/aromatic N) is 6. The molecule has 3 heterocycles. The summed E-state index contributed by atoms with van der Waals surface area (Å²) in [5.74, 6) is 6.74. The molecule has 0 aliphatic carbocycles. The van der Waals surface area contributed by atoms with Crippen LogP contribution in [0.1, 0.15) is 34.1 Å². The molecule has 1 aliphatic heterocycles. The first-order chi connectivity index (χ1) is 17.9. The summed E-state index contributed by atoms with van der Waals surface area (Å²) in [4.78, 5) is 32.7. The topological polar surface area (TPSA) is 91.5 Å². The third-order valence-electron chi connectivity index (χ3n) is 6.37. The standard InChI is InChI=1S/C28H32ClN7O/c1-4-25-23(8-5-20-6-10-26(30)31-18-20)27(33-19-32-25)21-7-9-22(24(29)17-21)28(37)36-15-13-35(14-16-36)12-11-34(2)3/h6-7,9-10,17-19H,4,11-16H2,1-3H3,(H2,30,31). The number of pyridine rings is 1. The first-order valence-corrected chi connectivity index (χ1v) is 12.8. The van der Waals surface area contributed by atoms with Gasteiger partial charge in [-0.15, -0.1) is 0 Å². The van der Waals surface area contributed by atoms with Gasteiger partial charge >= 0.3 is 0 Å². The predicted octanol–water partition coefficient (Wildman–Crippen LogP) is 3.06. The van der Waals surface area contributed by atoms with Crippen LogP contribution in [0.5, 0.6) is 0 Å². The third kappa shape index (κ3) is 6.63. The van der Waals surface area contributed by atoms with Crippen LogP contribution in [0.4, 0.5) is 5.82 Å². The number of aromatic nitrogens is 3. The second-order valence-electron chi connectivity index (χ2n) is 9.25. The molecule has 1 fully saturated rings. The Bertz CT molecular complexity index is 1310. The minimum atomic E-state index is -0.0448. The Morgan fingerprint density at radius 1 is 1.08 bits per heavy atom. The average molecular weight is 518 g/mol. The maximum Gasteiger partial charge on any atom is 0.255 e. The summed E-state index contributed by atoms with van der Waals surface area (Å²) < 4.78 is 0. The van der Waals surface area contributed by atoms with Crippen molar-refractivity contribution in [3.05, 3.63) is 70.3 Å². The molecule has 0 saturated carbocycles. The fraction of sp³-hybridized carbons (Fsp3) is 0.357. The molecule has 1 saturated heterocycles. The van der Waals surface area contributed by atoms with Gasteiger partial charge in [0.15, 0.2) is 0 Å². The molecule has 0 spiro atoms. The largest absolute Gasteiger partial charge is 0.384 e. The van der Waals surface area contributed by atoms with Crippen LogP contribution in [0.25, 0.3) is 11.3 Å². The first kappa shape index (κ1) is 26.6. The van der Waals surface area contributed by atoms with Crippen LogP contribution in [0.15, 0.2) is 42.9 Å². The number of carbonyl (C=O) groups is 1. The quantitative estimate of drug-likeness (QED) is 0.502. The Morgan fingerprint density at radius 2 is 1.86 bits per heavy atom. The number of aryl methyl sites for hydroxylation is 1. The number of amides is 1. The van der Waals surface area contributed by atoms with E-state index in [1.54, 1.807) is 24.4 Å². The predicted molar refractivity (Wildman–Crippen MR) is 147 cm³/mol. The lowest BCUT2D eigenvalue weighted by Crippen LogP contribution is -2.50. The molecule has 37 heavy (non-hydrogen) atoms. The highest BCUT2D eigenvalue weighted by atomic mass is 35.5. The number of nitrogen functional groups attached to an aromatic ring is 1. The normalized spacial score (nSPS) is 13.9. The molecule has 8 nitrogen and oxygen atoms in total. The molecule has 0 atom stereocenters. The summed E-state index contributed by atoms with van der Waals surface area (Å²) in [6, 6.07) is 8.99. The summed E-state index contributed by atoms with van der Waals surface area (Å²) in [6.45, 7) is 7.14. The van der Waals surface area contributed by atoms with Crippen molar-refractivity contribution in [3.63, 3.8) is 0 Å². The van der Waals surface area contributed by atoms with E-state index < -0.39 is 0 Å². The molecule has 2 N–H and O–H groups in total. The SMILES string of the molecule is CCc1ncnc(-c2ccc(C(=O)N3CCN(CCN(C)C)CC3)c(Cl)c2)c1C#Cc1ccc(N)nc1. The van der Waals surface area contributed by atoms with E-state index >= 15 is 0 Å². The van der Waals surface area contributed by atoms with Crippen molar-refractivity contribution in [2.45, 2.75) is 13.3 Å². The molecule has 1 aliphatic rings. The Hall–Kier alpha value is -3.51. The molecule has 1 amide bonds. The average Bonchev–Trinajstić information content (AvgIpc) is 2.91. The van der Waals surface area contributed by atoms with Gasteiger partial charge in [-0.05, 0) is 44.8 Å². The van der Waals surface area contributed by atoms with Gasteiger partial charge < -0.3 is 15.5 Å². The second kappa shape index (κ2) is 12.2. The van der Waals surface area contributed by atoms with E-state index in [2.05, 4.69) is 50.7 Å².